The summed E-state index contributed by atoms with van der Waals surface area (Å²) in [7, 11) is 0. The molecule has 1 N–H and O–H groups in total. The van der Waals surface area contributed by atoms with Crippen molar-refractivity contribution in [2.24, 2.45) is 16.7 Å². The number of aliphatic hydroxyl groups is 1. The van der Waals surface area contributed by atoms with Gasteiger partial charge < -0.3 is 5.11 Å². The molecule has 0 amide bonds. The third-order valence-corrected chi connectivity index (χ3v) is 5.62. The van der Waals surface area contributed by atoms with Gasteiger partial charge in [-0.15, -0.1) is 0 Å². The predicted octanol–water partition coefficient (Wildman–Crippen LogP) is 4.66. The van der Waals surface area contributed by atoms with Crippen LogP contribution < -0.4 is 0 Å². The molecule has 0 aromatic carbocycles. The fourth-order valence-corrected chi connectivity index (χ4v) is 3.64. The number of allylic oxidation sites excluding steroid dienone is 2. The van der Waals surface area contributed by atoms with E-state index in [1.807, 2.05) is 0 Å². The number of fused-ring (bicyclic) bond motifs is 2. The minimum absolute atomic E-state index is 0.155. The zero-order valence-corrected chi connectivity index (χ0v) is 12.5. The maximum Gasteiger partial charge on any atom is 0.460 e. The standard InChI is InChI=1S/C14H15F7O2/c1-10(2)6-4-5-11(10,3)8(22)7(6)9(23)12(15,16)13(17,18)14(19,20)21/h6,23H,4-5H2,1-3H3/b9-7-/t6-,11+/m1/s1. The van der Waals surface area contributed by atoms with E-state index < -0.39 is 51.9 Å². The van der Waals surface area contributed by atoms with Gasteiger partial charge >= 0.3 is 18.0 Å². The van der Waals surface area contributed by atoms with Crippen LogP contribution in [0.2, 0.25) is 0 Å². The van der Waals surface area contributed by atoms with Crippen LogP contribution in [0.25, 0.3) is 0 Å². The van der Waals surface area contributed by atoms with E-state index in [1.165, 1.54) is 6.92 Å². The smallest absolute Gasteiger partial charge is 0.460 e. The van der Waals surface area contributed by atoms with Crippen molar-refractivity contribution >= 4 is 5.78 Å². The zero-order valence-electron chi connectivity index (χ0n) is 12.5. The Kier molecular flexibility index (Phi) is 3.47. The van der Waals surface area contributed by atoms with Gasteiger partial charge in [-0.2, -0.15) is 30.7 Å². The highest BCUT2D eigenvalue weighted by Gasteiger charge is 2.76. The van der Waals surface area contributed by atoms with E-state index in [0.29, 0.717) is 6.42 Å². The summed E-state index contributed by atoms with van der Waals surface area (Å²) >= 11 is 0. The van der Waals surface area contributed by atoms with Gasteiger partial charge in [0.05, 0.1) is 0 Å². The maximum atomic E-state index is 13.7. The van der Waals surface area contributed by atoms with E-state index in [9.17, 15) is 40.6 Å². The molecule has 2 nitrogen and oxygen atoms in total. The lowest BCUT2D eigenvalue weighted by atomic mass is 9.70. The lowest BCUT2D eigenvalue weighted by molar-refractivity contribution is -0.349. The quantitative estimate of drug-likeness (QED) is 0.448. The highest BCUT2D eigenvalue weighted by Crippen LogP contribution is 2.67. The average molecular weight is 348 g/mol. The molecule has 2 saturated carbocycles. The molecule has 0 aliphatic heterocycles. The van der Waals surface area contributed by atoms with Crippen LogP contribution in [-0.2, 0) is 4.79 Å². The summed E-state index contributed by atoms with van der Waals surface area (Å²) in [5.74, 6) is -16.8. The first kappa shape index (κ1) is 18.1. The van der Waals surface area contributed by atoms with E-state index in [1.54, 1.807) is 13.8 Å². The number of hydrogen-bond donors (Lipinski definition) is 1. The Morgan fingerprint density at radius 3 is 1.91 bits per heavy atom. The summed E-state index contributed by atoms with van der Waals surface area (Å²) in [4.78, 5) is 12.3. The minimum atomic E-state index is -6.56. The molecule has 0 radical (unpaired) electrons. The topological polar surface area (TPSA) is 37.3 Å². The predicted molar refractivity (Wildman–Crippen MR) is 65.2 cm³/mol. The van der Waals surface area contributed by atoms with Crippen molar-refractivity contribution in [2.75, 3.05) is 0 Å². The number of ketones is 1. The van der Waals surface area contributed by atoms with Crippen molar-refractivity contribution in [3.05, 3.63) is 11.3 Å². The molecule has 0 saturated heterocycles. The number of alkyl halides is 7. The molecular weight excluding hydrogens is 333 g/mol. The van der Waals surface area contributed by atoms with Gasteiger partial charge in [0.1, 0.15) is 0 Å². The highest BCUT2D eigenvalue weighted by atomic mass is 19.4. The SMILES string of the molecule is CC1(C)[C@@H]2CC[C@@]1(C)C(=O)/C2=C(\O)C(F)(F)C(F)(F)C(F)(F)F. The second kappa shape index (κ2) is 4.42. The third-order valence-electron chi connectivity index (χ3n) is 5.62. The van der Waals surface area contributed by atoms with Gasteiger partial charge in [0.25, 0.3) is 0 Å². The van der Waals surface area contributed by atoms with Crippen molar-refractivity contribution in [1.82, 2.24) is 0 Å². The lowest BCUT2D eigenvalue weighted by Gasteiger charge is -2.31. The molecule has 0 aromatic rings. The normalized spacial score (nSPS) is 33.3. The summed E-state index contributed by atoms with van der Waals surface area (Å²) in [6.07, 6.45) is -6.12. The second-order valence-corrected chi connectivity index (χ2v) is 6.88. The van der Waals surface area contributed by atoms with E-state index >= 15 is 0 Å². The van der Waals surface area contributed by atoms with E-state index in [4.69, 9.17) is 0 Å². The van der Waals surface area contributed by atoms with Crippen LogP contribution in [0, 0.1) is 16.7 Å². The molecule has 2 aliphatic rings. The van der Waals surface area contributed by atoms with Crippen LogP contribution in [0.1, 0.15) is 33.6 Å². The van der Waals surface area contributed by atoms with Gasteiger partial charge in [-0.3, -0.25) is 4.79 Å². The molecule has 23 heavy (non-hydrogen) atoms. The number of aliphatic hydroxyl groups excluding tert-OH is 1. The zero-order chi connectivity index (χ0) is 18.2. The summed E-state index contributed by atoms with van der Waals surface area (Å²) < 4.78 is 90.3. The molecule has 2 fully saturated rings. The van der Waals surface area contributed by atoms with Crippen LogP contribution in [0.3, 0.4) is 0 Å². The number of carbonyl (C=O) groups excluding carboxylic acids is 1. The van der Waals surface area contributed by atoms with Crippen LogP contribution in [0.4, 0.5) is 30.7 Å². The van der Waals surface area contributed by atoms with Gasteiger partial charge in [-0.05, 0) is 24.2 Å². The van der Waals surface area contributed by atoms with Crippen molar-refractivity contribution in [3.63, 3.8) is 0 Å². The van der Waals surface area contributed by atoms with E-state index in [0.717, 1.165) is 0 Å². The monoisotopic (exact) mass is 348 g/mol. The molecule has 2 aliphatic carbocycles. The van der Waals surface area contributed by atoms with Gasteiger partial charge in [0.2, 0.25) is 0 Å². The summed E-state index contributed by atoms with van der Waals surface area (Å²) in [6, 6.07) is 0. The molecule has 0 aromatic heterocycles. The number of halogens is 7. The first-order valence-electron chi connectivity index (χ1n) is 6.84. The molecule has 2 atom stereocenters. The molecule has 9 heteroatoms. The highest BCUT2D eigenvalue weighted by molar-refractivity contribution is 6.05. The number of rotatable bonds is 2. The van der Waals surface area contributed by atoms with Gasteiger partial charge in [0.15, 0.2) is 11.5 Å². The molecule has 0 unspecified atom stereocenters. The molecular formula is C14H15F7O2. The largest absolute Gasteiger partial charge is 0.506 e. The summed E-state index contributed by atoms with van der Waals surface area (Å²) in [6.45, 7) is 4.53. The molecule has 0 heterocycles. The second-order valence-electron chi connectivity index (χ2n) is 6.88. The first-order valence-corrected chi connectivity index (χ1v) is 6.84. The van der Waals surface area contributed by atoms with E-state index in [2.05, 4.69) is 0 Å². The molecule has 2 bridgehead atoms. The Hall–Kier alpha value is -1.28. The minimum Gasteiger partial charge on any atom is -0.506 e. The Morgan fingerprint density at radius 2 is 1.57 bits per heavy atom. The van der Waals surface area contributed by atoms with Crippen molar-refractivity contribution in [3.8, 4) is 0 Å². The Balaban J connectivity index is 2.62. The molecule has 132 valence electrons. The lowest BCUT2D eigenvalue weighted by Crippen LogP contribution is -2.53. The van der Waals surface area contributed by atoms with Crippen molar-refractivity contribution < 1.29 is 40.6 Å². The number of Topliss-reactive ketones (excluding diaryl/α,β-unsaturated/α-hetero) is 1. The van der Waals surface area contributed by atoms with Gasteiger partial charge in [-0.1, -0.05) is 20.8 Å². The van der Waals surface area contributed by atoms with Crippen molar-refractivity contribution in [2.45, 2.75) is 51.6 Å². The third kappa shape index (κ3) is 1.91. The number of carbonyl (C=O) groups is 1. The van der Waals surface area contributed by atoms with Crippen molar-refractivity contribution in [1.29, 1.82) is 0 Å². The first-order chi connectivity index (χ1) is 10.0. The van der Waals surface area contributed by atoms with Crippen LogP contribution in [0.5, 0.6) is 0 Å². The maximum absolute atomic E-state index is 13.7. The summed E-state index contributed by atoms with van der Waals surface area (Å²) in [5, 5.41) is 9.54. The van der Waals surface area contributed by atoms with Gasteiger partial charge in [-0.25, -0.2) is 0 Å². The van der Waals surface area contributed by atoms with Crippen LogP contribution in [-0.4, -0.2) is 28.9 Å². The Bertz CT molecular complexity index is 588. The van der Waals surface area contributed by atoms with Gasteiger partial charge in [0, 0.05) is 11.0 Å². The fraction of sp³-hybridized carbons (Fsp3) is 0.786. The number of hydrogen-bond acceptors (Lipinski definition) is 2. The van der Waals surface area contributed by atoms with Crippen LogP contribution >= 0.6 is 0 Å². The van der Waals surface area contributed by atoms with E-state index in [-0.39, 0.29) is 6.42 Å². The molecule has 2 rings (SSSR count). The molecule has 0 spiro atoms. The average Bonchev–Trinajstić information content (AvgIpc) is 2.68. The Labute approximate surface area is 127 Å². The fourth-order valence-electron chi connectivity index (χ4n) is 3.64. The summed E-state index contributed by atoms with van der Waals surface area (Å²) in [5.41, 5.74) is -3.10. The Morgan fingerprint density at radius 1 is 1.09 bits per heavy atom. The van der Waals surface area contributed by atoms with Crippen LogP contribution in [0.15, 0.2) is 11.3 Å².